The number of hydrogen-bond acceptors (Lipinski definition) is 2. The van der Waals surface area contributed by atoms with Crippen LogP contribution in [0.25, 0.3) is 0 Å². The molecular weight excluding hydrogens is 276 g/mol. The van der Waals surface area contributed by atoms with Crippen molar-refractivity contribution in [2.75, 3.05) is 13.1 Å². The maximum absolute atomic E-state index is 12.6. The molecule has 4 nitrogen and oxygen atoms in total. The van der Waals surface area contributed by atoms with Gasteiger partial charge in [0.15, 0.2) is 0 Å². The normalized spacial score (nSPS) is 28.9. The molecule has 2 aliphatic rings. The number of piperidine rings is 1. The Bertz CT molecular complexity index is 414. The monoisotopic (exact) mass is 308 g/mol. The standard InChI is InChI=1S/C18H32N2O2/c1-13-10-12-20(15-8-6-5-7-14(13)15)16(21)9-11-19-17(22)18(2,3)4/h13-15H,5-12H2,1-4H3,(H,19,22). The molecule has 1 heterocycles. The lowest BCUT2D eigenvalue weighted by Gasteiger charge is -2.47. The van der Waals surface area contributed by atoms with Crippen LogP contribution in [-0.2, 0) is 9.59 Å². The van der Waals surface area contributed by atoms with Crippen LogP contribution in [-0.4, -0.2) is 35.8 Å². The summed E-state index contributed by atoms with van der Waals surface area (Å²) in [5.74, 6) is 1.67. The fourth-order valence-electron chi connectivity index (χ4n) is 3.91. The molecule has 0 aromatic heterocycles. The molecule has 0 aromatic carbocycles. The summed E-state index contributed by atoms with van der Waals surface area (Å²) in [6.45, 7) is 9.37. The van der Waals surface area contributed by atoms with Crippen LogP contribution in [0.15, 0.2) is 0 Å². The molecule has 1 N–H and O–H groups in total. The molecule has 22 heavy (non-hydrogen) atoms. The first kappa shape index (κ1) is 17.3. The Morgan fingerprint density at radius 3 is 2.50 bits per heavy atom. The Kier molecular flexibility index (Phi) is 5.51. The van der Waals surface area contributed by atoms with Crippen molar-refractivity contribution in [2.24, 2.45) is 17.3 Å². The number of nitrogens with one attached hydrogen (secondary N) is 1. The Labute approximate surface area is 135 Å². The molecule has 1 saturated carbocycles. The summed E-state index contributed by atoms with van der Waals surface area (Å²) in [7, 11) is 0. The summed E-state index contributed by atoms with van der Waals surface area (Å²) < 4.78 is 0. The van der Waals surface area contributed by atoms with Crippen LogP contribution in [0.5, 0.6) is 0 Å². The molecule has 2 amide bonds. The minimum atomic E-state index is -0.391. The average molecular weight is 308 g/mol. The van der Waals surface area contributed by atoms with Crippen molar-refractivity contribution in [3.05, 3.63) is 0 Å². The summed E-state index contributed by atoms with van der Waals surface area (Å²) in [5.41, 5.74) is -0.391. The van der Waals surface area contributed by atoms with E-state index in [2.05, 4.69) is 17.1 Å². The third-order valence-electron chi connectivity index (χ3n) is 5.36. The van der Waals surface area contributed by atoms with Gasteiger partial charge in [0.2, 0.25) is 11.8 Å². The van der Waals surface area contributed by atoms with E-state index < -0.39 is 5.41 Å². The predicted molar refractivity (Wildman–Crippen MR) is 88.3 cm³/mol. The smallest absolute Gasteiger partial charge is 0.225 e. The van der Waals surface area contributed by atoms with E-state index in [1.807, 2.05) is 20.8 Å². The van der Waals surface area contributed by atoms with Crippen molar-refractivity contribution >= 4 is 11.8 Å². The van der Waals surface area contributed by atoms with E-state index in [1.54, 1.807) is 0 Å². The minimum absolute atomic E-state index is 0.0168. The van der Waals surface area contributed by atoms with Gasteiger partial charge in [-0.2, -0.15) is 0 Å². The average Bonchev–Trinajstić information content (AvgIpc) is 2.46. The van der Waals surface area contributed by atoms with Gasteiger partial charge in [-0.3, -0.25) is 9.59 Å². The first-order chi connectivity index (χ1) is 10.3. The van der Waals surface area contributed by atoms with Crippen LogP contribution in [0.2, 0.25) is 0 Å². The zero-order valence-corrected chi connectivity index (χ0v) is 14.7. The highest BCUT2D eigenvalue weighted by molar-refractivity contribution is 5.82. The number of hydrogen-bond donors (Lipinski definition) is 1. The first-order valence-electron chi connectivity index (χ1n) is 8.88. The topological polar surface area (TPSA) is 49.4 Å². The van der Waals surface area contributed by atoms with E-state index in [1.165, 1.54) is 19.3 Å². The van der Waals surface area contributed by atoms with Gasteiger partial charge in [0, 0.05) is 31.0 Å². The number of carbonyl (C=O) groups is 2. The number of likely N-dealkylation sites (tertiary alicyclic amines) is 1. The summed E-state index contributed by atoms with van der Waals surface area (Å²) in [6.07, 6.45) is 6.56. The van der Waals surface area contributed by atoms with Gasteiger partial charge in [0.25, 0.3) is 0 Å². The van der Waals surface area contributed by atoms with Crippen LogP contribution in [0.4, 0.5) is 0 Å². The molecule has 3 unspecified atom stereocenters. The van der Waals surface area contributed by atoms with E-state index in [0.717, 1.165) is 25.3 Å². The maximum atomic E-state index is 12.6. The molecular formula is C18H32N2O2. The van der Waals surface area contributed by atoms with Crippen LogP contribution in [0.3, 0.4) is 0 Å². The quantitative estimate of drug-likeness (QED) is 0.871. The Hall–Kier alpha value is -1.06. The van der Waals surface area contributed by atoms with Crippen LogP contribution in [0, 0.1) is 17.3 Å². The second-order valence-electron chi connectivity index (χ2n) is 8.12. The van der Waals surface area contributed by atoms with Gasteiger partial charge in [0.1, 0.15) is 0 Å². The van der Waals surface area contributed by atoms with E-state index in [0.29, 0.717) is 24.9 Å². The molecule has 1 saturated heterocycles. The molecule has 0 radical (unpaired) electrons. The predicted octanol–water partition coefficient (Wildman–Crippen LogP) is 2.97. The molecule has 3 atom stereocenters. The number of fused-ring (bicyclic) bond motifs is 1. The van der Waals surface area contributed by atoms with Gasteiger partial charge in [-0.15, -0.1) is 0 Å². The fraction of sp³-hybridized carbons (Fsp3) is 0.889. The Morgan fingerprint density at radius 1 is 1.14 bits per heavy atom. The highest BCUT2D eigenvalue weighted by atomic mass is 16.2. The van der Waals surface area contributed by atoms with Crippen molar-refractivity contribution in [3.8, 4) is 0 Å². The van der Waals surface area contributed by atoms with Crippen molar-refractivity contribution in [2.45, 2.75) is 72.3 Å². The molecule has 2 rings (SSSR count). The van der Waals surface area contributed by atoms with Gasteiger partial charge in [-0.25, -0.2) is 0 Å². The zero-order chi connectivity index (χ0) is 16.3. The molecule has 126 valence electrons. The molecule has 0 aromatic rings. The van der Waals surface area contributed by atoms with Crippen LogP contribution >= 0.6 is 0 Å². The highest BCUT2D eigenvalue weighted by Gasteiger charge is 2.39. The van der Waals surface area contributed by atoms with E-state index in [9.17, 15) is 9.59 Å². The van der Waals surface area contributed by atoms with Gasteiger partial charge in [0.05, 0.1) is 0 Å². The highest BCUT2D eigenvalue weighted by Crippen LogP contribution is 2.38. The summed E-state index contributed by atoms with van der Waals surface area (Å²) in [5, 5.41) is 2.89. The molecule has 0 bridgehead atoms. The van der Waals surface area contributed by atoms with Crippen molar-refractivity contribution in [1.82, 2.24) is 10.2 Å². The first-order valence-corrected chi connectivity index (χ1v) is 8.88. The van der Waals surface area contributed by atoms with Gasteiger partial charge < -0.3 is 10.2 Å². The molecule has 1 aliphatic carbocycles. The zero-order valence-electron chi connectivity index (χ0n) is 14.7. The molecule has 1 aliphatic heterocycles. The Balaban J connectivity index is 1.85. The lowest BCUT2D eigenvalue weighted by atomic mass is 9.72. The Morgan fingerprint density at radius 2 is 1.82 bits per heavy atom. The van der Waals surface area contributed by atoms with E-state index in [-0.39, 0.29) is 11.8 Å². The minimum Gasteiger partial charge on any atom is -0.355 e. The number of nitrogens with zero attached hydrogens (tertiary/aromatic N) is 1. The third-order valence-corrected chi connectivity index (χ3v) is 5.36. The van der Waals surface area contributed by atoms with Gasteiger partial charge in [-0.1, -0.05) is 40.5 Å². The van der Waals surface area contributed by atoms with Gasteiger partial charge >= 0.3 is 0 Å². The van der Waals surface area contributed by atoms with E-state index in [4.69, 9.17) is 0 Å². The largest absolute Gasteiger partial charge is 0.355 e. The summed E-state index contributed by atoms with van der Waals surface area (Å²) in [6, 6.07) is 0.448. The maximum Gasteiger partial charge on any atom is 0.225 e. The van der Waals surface area contributed by atoms with E-state index >= 15 is 0 Å². The van der Waals surface area contributed by atoms with Gasteiger partial charge in [-0.05, 0) is 31.1 Å². The summed E-state index contributed by atoms with van der Waals surface area (Å²) in [4.78, 5) is 26.5. The lowest BCUT2D eigenvalue weighted by molar-refractivity contribution is -0.139. The second kappa shape index (κ2) is 7.01. The van der Waals surface area contributed by atoms with Crippen LogP contribution < -0.4 is 5.32 Å². The molecule has 2 fully saturated rings. The molecule has 4 heteroatoms. The summed E-state index contributed by atoms with van der Waals surface area (Å²) >= 11 is 0. The number of carbonyl (C=O) groups excluding carboxylic acids is 2. The number of rotatable bonds is 3. The fourth-order valence-corrected chi connectivity index (χ4v) is 3.91. The second-order valence-corrected chi connectivity index (χ2v) is 8.12. The van der Waals surface area contributed by atoms with Crippen molar-refractivity contribution < 1.29 is 9.59 Å². The SMILES string of the molecule is CC1CCN(C(=O)CCNC(=O)C(C)(C)C)C2CCCCC12. The number of amides is 2. The lowest BCUT2D eigenvalue weighted by Crippen LogP contribution is -2.52. The third kappa shape index (κ3) is 4.02. The van der Waals surface area contributed by atoms with Crippen molar-refractivity contribution in [1.29, 1.82) is 0 Å². The van der Waals surface area contributed by atoms with Crippen molar-refractivity contribution in [3.63, 3.8) is 0 Å². The van der Waals surface area contributed by atoms with Crippen LogP contribution in [0.1, 0.15) is 66.2 Å². The molecule has 0 spiro atoms.